The molecule has 0 saturated carbocycles. The van der Waals surface area contributed by atoms with Gasteiger partial charge in [0.05, 0.1) is 10.2 Å². The van der Waals surface area contributed by atoms with Crippen molar-refractivity contribution in [1.82, 2.24) is 0 Å². The van der Waals surface area contributed by atoms with E-state index in [0.717, 1.165) is 18.6 Å². The highest BCUT2D eigenvalue weighted by atomic mass is 32.2. The lowest BCUT2D eigenvalue weighted by Crippen LogP contribution is -2.32. The molecule has 1 aliphatic heterocycles. The zero-order valence-electron chi connectivity index (χ0n) is 9.16. The minimum atomic E-state index is -0.757. The third kappa shape index (κ3) is 2.97. The van der Waals surface area contributed by atoms with Crippen molar-refractivity contribution in [3.05, 3.63) is 0 Å². The minimum absolute atomic E-state index is 0.164. The van der Waals surface area contributed by atoms with Gasteiger partial charge in [-0.05, 0) is 26.2 Å². The fraction of sp³-hybridized carbons (Fsp3) is 1.00. The molecule has 84 valence electrons. The molecule has 0 aliphatic carbocycles. The minimum Gasteiger partial charge on any atom is -0.393 e. The second-order valence-electron chi connectivity index (χ2n) is 4.28. The Morgan fingerprint density at radius 2 is 2.14 bits per heavy atom. The molecule has 2 nitrogen and oxygen atoms in total. The summed E-state index contributed by atoms with van der Waals surface area (Å²) in [7, 11) is -0.757. The molecule has 0 spiro atoms. The molecule has 1 unspecified atom stereocenters. The summed E-state index contributed by atoms with van der Waals surface area (Å²) in [6.07, 6.45) is 2.36. The summed E-state index contributed by atoms with van der Waals surface area (Å²) in [5.41, 5.74) is 0. The Hall–Kier alpha value is 0.460. The van der Waals surface area contributed by atoms with Gasteiger partial charge in [0.1, 0.15) is 0 Å². The summed E-state index contributed by atoms with van der Waals surface area (Å²) in [6.45, 7) is 6.05. The van der Waals surface area contributed by atoms with E-state index >= 15 is 0 Å². The zero-order chi connectivity index (χ0) is 10.8. The lowest BCUT2D eigenvalue weighted by molar-refractivity contribution is 0.179. The van der Waals surface area contributed by atoms with Crippen LogP contribution in [0, 0.1) is 0 Å². The Kier molecular flexibility index (Phi) is 4.47. The van der Waals surface area contributed by atoms with Gasteiger partial charge < -0.3 is 5.11 Å². The number of aliphatic hydroxyl groups is 1. The maximum Gasteiger partial charge on any atom is 0.0935 e. The lowest BCUT2D eigenvalue weighted by atomic mass is 10.1. The van der Waals surface area contributed by atoms with Gasteiger partial charge >= 0.3 is 0 Å². The first-order valence-electron chi connectivity index (χ1n) is 5.20. The smallest absolute Gasteiger partial charge is 0.0935 e. The first kappa shape index (κ1) is 12.5. The van der Waals surface area contributed by atoms with Crippen LogP contribution in [0.25, 0.3) is 0 Å². The van der Waals surface area contributed by atoms with Crippen molar-refractivity contribution in [3.63, 3.8) is 0 Å². The largest absolute Gasteiger partial charge is 0.393 e. The van der Waals surface area contributed by atoms with Crippen molar-refractivity contribution >= 4 is 22.6 Å². The summed E-state index contributed by atoms with van der Waals surface area (Å²) in [6, 6.07) is 0. The van der Waals surface area contributed by atoms with Crippen LogP contribution in [0.2, 0.25) is 0 Å². The lowest BCUT2D eigenvalue weighted by Gasteiger charge is -2.30. The van der Waals surface area contributed by atoms with Crippen LogP contribution in [-0.4, -0.2) is 30.5 Å². The van der Waals surface area contributed by atoms with Gasteiger partial charge in [0.15, 0.2) is 0 Å². The van der Waals surface area contributed by atoms with E-state index in [1.54, 1.807) is 18.7 Å². The highest BCUT2D eigenvalue weighted by Crippen LogP contribution is 2.45. The van der Waals surface area contributed by atoms with Crippen molar-refractivity contribution in [2.45, 2.75) is 55.5 Å². The molecule has 0 bridgehead atoms. The Bertz CT molecular complexity index is 204. The van der Waals surface area contributed by atoms with Gasteiger partial charge in [-0.25, -0.2) is 0 Å². The number of aliphatic hydroxyl groups excluding tert-OH is 1. The SMILES string of the molecule is CC(C)S[C@]1(C[C@@H](C)O)CCCS1=O. The van der Waals surface area contributed by atoms with E-state index in [9.17, 15) is 9.32 Å². The van der Waals surface area contributed by atoms with Gasteiger partial charge in [-0.3, -0.25) is 4.21 Å². The van der Waals surface area contributed by atoms with Crippen LogP contribution in [-0.2, 0) is 10.8 Å². The highest BCUT2D eigenvalue weighted by Gasteiger charge is 2.42. The molecule has 14 heavy (non-hydrogen) atoms. The van der Waals surface area contributed by atoms with Gasteiger partial charge in [0, 0.05) is 21.8 Å². The maximum absolute atomic E-state index is 11.9. The Morgan fingerprint density at radius 3 is 2.50 bits per heavy atom. The van der Waals surface area contributed by atoms with Crippen LogP contribution in [0.1, 0.15) is 40.0 Å². The van der Waals surface area contributed by atoms with E-state index in [0.29, 0.717) is 11.7 Å². The summed E-state index contributed by atoms with van der Waals surface area (Å²) in [5.74, 6) is 0.812. The van der Waals surface area contributed by atoms with E-state index < -0.39 is 10.8 Å². The molecule has 0 aromatic rings. The normalized spacial score (nSPS) is 35.1. The van der Waals surface area contributed by atoms with E-state index in [2.05, 4.69) is 13.8 Å². The number of hydrogen-bond donors (Lipinski definition) is 1. The van der Waals surface area contributed by atoms with Crippen LogP contribution in [0.4, 0.5) is 0 Å². The molecule has 4 heteroatoms. The standard InChI is InChI=1S/C10H20O2S2/c1-8(2)13-10(7-9(3)11)5-4-6-14(10)12/h8-9,11H,4-7H2,1-3H3/t9-,10-,14?/m1/s1. The average Bonchev–Trinajstić information content (AvgIpc) is 2.29. The monoisotopic (exact) mass is 236 g/mol. The Balaban J connectivity index is 2.73. The van der Waals surface area contributed by atoms with Gasteiger partial charge in [0.25, 0.3) is 0 Å². The maximum atomic E-state index is 11.9. The van der Waals surface area contributed by atoms with Gasteiger partial charge in [-0.15, -0.1) is 11.8 Å². The summed E-state index contributed by atoms with van der Waals surface area (Å²) >= 11 is 1.79. The summed E-state index contributed by atoms with van der Waals surface area (Å²) in [5, 5.41) is 9.94. The molecule has 1 saturated heterocycles. The molecule has 1 aliphatic rings. The Morgan fingerprint density at radius 1 is 1.50 bits per heavy atom. The van der Waals surface area contributed by atoms with E-state index in [-0.39, 0.29) is 10.2 Å². The fourth-order valence-electron chi connectivity index (χ4n) is 2.01. The number of thioether (sulfide) groups is 1. The van der Waals surface area contributed by atoms with Gasteiger partial charge in [-0.1, -0.05) is 13.8 Å². The molecule has 1 fully saturated rings. The molecule has 0 radical (unpaired) electrons. The summed E-state index contributed by atoms with van der Waals surface area (Å²) in [4.78, 5) is 0. The van der Waals surface area contributed by atoms with E-state index in [1.165, 1.54) is 0 Å². The third-order valence-corrected chi connectivity index (χ3v) is 6.34. The second kappa shape index (κ2) is 4.99. The van der Waals surface area contributed by atoms with Crippen molar-refractivity contribution in [2.75, 3.05) is 5.75 Å². The molecule has 0 aromatic heterocycles. The molecule has 1 N–H and O–H groups in total. The second-order valence-corrected chi connectivity index (χ2v) is 8.38. The quantitative estimate of drug-likeness (QED) is 0.812. The fourth-order valence-corrected chi connectivity index (χ4v) is 6.30. The summed E-state index contributed by atoms with van der Waals surface area (Å²) < 4.78 is 11.8. The van der Waals surface area contributed by atoms with Crippen molar-refractivity contribution in [2.24, 2.45) is 0 Å². The molecule has 3 atom stereocenters. The average molecular weight is 236 g/mol. The van der Waals surface area contributed by atoms with E-state index in [1.807, 2.05) is 0 Å². The van der Waals surface area contributed by atoms with Crippen LogP contribution < -0.4 is 0 Å². The van der Waals surface area contributed by atoms with Crippen molar-refractivity contribution < 1.29 is 9.32 Å². The predicted octanol–water partition coefficient (Wildman–Crippen LogP) is 2.14. The Labute approximate surface area is 93.3 Å². The van der Waals surface area contributed by atoms with Crippen LogP contribution in [0.5, 0.6) is 0 Å². The predicted molar refractivity (Wildman–Crippen MR) is 64.0 cm³/mol. The first-order valence-corrected chi connectivity index (χ1v) is 7.40. The topological polar surface area (TPSA) is 37.3 Å². The number of hydrogen-bond acceptors (Lipinski definition) is 3. The van der Waals surface area contributed by atoms with Gasteiger partial charge in [-0.2, -0.15) is 0 Å². The highest BCUT2D eigenvalue weighted by molar-refractivity contribution is 8.13. The molecular formula is C10H20O2S2. The van der Waals surface area contributed by atoms with Crippen molar-refractivity contribution in [1.29, 1.82) is 0 Å². The van der Waals surface area contributed by atoms with Crippen molar-refractivity contribution in [3.8, 4) is 0 Å². The molecule has 1 rings (SSSR count). The molecule has 0 aromatic carbocycles. The van der Waals surface area contributed by atoms with Crippen LogP contribution in [0.3, 0.4) is 0 Å². The molecule has 0 amide bonds. The van der Waals surface area contributed by atoms with E-state index in [4.69, 9.17) is 0 Å². The third-order valence-electron chi connectivity index (χ3n) is 2.36. The van der Waals surface area contributed by atoms with Gasteiger partial charge in [0.2, 0.25) is 0 Å². The zero-order valence-corrected chi connectivity index (χ0v) is 10.8. The molecular weight excluding hydrogens is 216 g/mol. The first-order chi connectivity index (χ1) is 6.46. The van der Waals surface area contributed by atoms with Crippen LogP contribution >= 0.6 is 11.8 Å². The van der Waals surface area contributed by atoms with Crippen LogP contribution in [0.15, 0.2) is 0 Å². The number of rotatable bonds is 4. The molecule has 1 heterocycles.